The van der Waals surface area contributed by atoms with Crippen molar-refractivity contribution in [2.75, 3.05) is 4.90 Å². The molecule has 1 aliphatic carbocycles. The molecular weight excluding hydrogens is 613 g/mol. The fraction of sp³-hybridized carbons (Fsp3) is 0.0652. The number of rotatable bonds is 5. The van der Waals surface area contributed by atoms with Gasteiger partial charge in [-0.2, -0.15) is 0 Å². The van der Waals surface area contributed by atoms with E-state index in [2.05, 4.69) is 140 Å². The zero-order chi connectivity index (χ0) is 33.4. The van der Waals surface area contributed by atoms with Crippen LogP contribution in [0.2, 0.25) is 0 Å². The fourth-order valence-electron chi connectivity index (χ4n) is 7.83. The van der Waals surface area contributed by atoms with Gasteiger partial charge in [-0.25, -0.2) is 4.98 Å². The summed E-state index contributed by atoms with van der Waals surface area (Å²) in [5.41, 5.74) is 14.8. The predicted molar refractivity (Wildman–Crippen MR) is 204 cm³/mol. The van der Waals surface area contributed by atoms with E-state index >= 15 is 0 Å². The van der Waals surface area contributed by atoms with E-state index < -0.39 is 0 Å². The van der Waals surface area contributed by atoms with Crippen molar-refractivity contribution in [3.63, 3.8) is 0 Å². The maximum atomic E-state index is 6.59. The molecule has 238 valence electrons. The number of nitrogens with zero attached hydrogens (tertiary/aromatic N) is 2. The van der Waals surface area contributed by atoms with Crippen LogP contribution in [0.25, 0.3) is 66.7 Å². The monoisotopic (exact) mass is 644 g/mol. The maximum Gasteiger partial charge on any atom is 0.227 e. The van der Waals surface area contributed by atoms with Gasteiger partial charge in [0.1, 0.15) is 16.7 Å². The minimum atomic E-state index is -0.0691. The summed E-state index contributed by atoms with van der Waals surface area (Å²) >= 11 is 0. The van der Waals surface area contributed by atoms with Crippen LogP contribution in [-0.4, -0.2) is 4.98 Å². The molecule has 1 aliphatic rings. The summed E-state index contributed by atoms with van der Waals surface area (Å²) in [6, 6.07) is 55.6. The lowest BCUT2D eigenvalue weighted by molar-refractivity contribution is 0.617. The van der Waals surface area contributed by atoms with E-state index in [9.17, 15) is 0 Å². The molecule has 2 heterocycles. The van der Waals surface area contributed by atoms with E-state index in [-0.39, 0.29) is 5.41 Å². The number of para-hydroxylation sites is 1. The molecule has 0 atom stereocenters. The first kappa shape index (κ1) is 28.6. The van der Waals surface area contributed by atoms with Crippen molar-refractivity contribution in [2.45, 2.75) is 19.3 Å². The standard InChI is InChI=1S/C46H32N2O2/c1-46(2)38-19-11-9-18-34(38)36-25-31(22-24-39(36)46)48(41-20-12-10-17-33(41)29-13-5-3-6-14-29)32-21-23-35-37-27-40-44(28-43(37)49-42(35)26-32)50-45(47-40)30-15-7-4-8-16-30/h3-28H,1-2H3. The number of fused-ring (bicyclic) bond motifs is 7. The van der Waals surface area contributed by atoms with E-state index in [1.54, 1.807) is 0 Å². The summed E-state index contributed by atoms with van der Waals surface area (Å²) in [7, 11) is 0. The second-order valence-corrected chi connectivity index (χ2v) is 13.6. The number of aromatic nitrogens is 1. The Morgan fingerprint density at radius 2 is 1.12 bits per heavy atom. The Hall–Kier alpha value is -6.39. The largest absolute Gasteiger partial charge is 0.456 e. The Balaban J connectivity index is 1.16. The van der Waals surface area contributed by atoms with Crippen molar-refractivity contribution in [2.24, 2.45) is 0 Å². The summed E-state index contributed by atoms with van der Waals surface area (Å²) in [4.78, 5) is 7.19. The molecular formula is C46H32N2O2. The molecule has 4 heteroatoms. The molecule has 4 nitrogen and oxygen atoms in total. The van der Waals surface area contributed by atoms with E-state index in [0.717, 1.165) is 61.2 Å². The smallest absolute Gasteiger partial charge is 0.227 e. The van der Waals surface area contributed by atoms with Crippen molar-refractivity contribution in [1.29, 1.82) is 0 Å². The summed E-state index contributed by atoms with van der Waals surface area (Å²) in [5, 5.41) is 2.05. The highest BCUT2D eigenvalue weighted by Gasteiger charge is 2.35. The lowest BCUT2D eigenvalue weighted by Crippen LogP contribution is -2.15. The van der Waals surface area contributed by atoms with Crippen LogP contribution in [0, 0.1) is 0 Å². The third-order valence-electron chi connectivity index (χ3n) is 10.3. The van der Waals surface area contributed by atoms with Gasteiger partial charge in [-0.15, -0.1) is 0 Å². The topological polar surface area (TPSA) is 42.4 Å². The van der Waals surface area contributed by atoms with E-state index in [1.807, 2.05) is 36.4 Å². The van der Waals surface area contributed by atoms with Crippen molar-refractivity contribution < 1.29 is 8.83 Å². The molecule has 7 aromatic carbocycles. The highest BCUT2D eigenvalue weighted by atomic mass is 16.4. The Kier molecular flexibility index (Phi) is 6.19. The van der Waals surface area contributed by atoms with Crippen molar-refractivity contribution in [3.05, 3.63) is 169 Å². The number of hydrogen-bond acceptors (Lipinski definition) is 4. The summed E-state index contributed by atoms with van der Waals surface area (Å²) in [6.07, 6.45) is 0. The SMILES string of the molecule is CC1(C)c2ccccc2-c2cc(N(c3ccc4c(c3)oc3cc5oc(-c6ccccc6)nc5cc34)c3ccccc3-c3ccccc3)ccc21. The van der Waals surface area contributed by atoms with Gasteiger partial charge in [0.25, 0.3) is 0 Å². The van der Waals surface area contributed by atoms with Gasteiger partial charge in [-0.3, -0.25) is 0 Å². The molecule has 0 fully saturated rings. The predicted octanol–water partition coefficient (Wildman–Crippen LogP) is 12.8. The molecule has 2 aromatic heterocycles. The number of anilines is 3. The first-order valence-corrected chi connectivity index (χ1v) is 17.0. The van der Waals surface area contributed by atoms with Crippen LogP contribution >= 0.6 is 0 Å². The van der Waals surface area contributed by atoms with Crippen molar-refractivity contribution >= 4 is 50.1 Å². The van der Waals surface area contributed by atoms with Crippen LogP contribution in [0.1, 0.15) is 25.0 Å². The van der Waals surface area contributed by atoms with Crippen LogP contribution in [0.4, 0.5) is 17.1 Å². The number of hydrogen-bond donors (Lipinski definition) is 0. The minimum absolute atomic E-state index is 0.0691. The molecule has 0 radical (unpaired) electrons. The highest BCUT2D eigenvalue weighted by molar-refractivity contribution is 6.10. The average Bonchev–Trinajstić information content (AvgIpc) is 3.81. The molecule has 0 saturated heterocycles. The van der Waals surface area contributed by atoms with Gasteiger partial charge in [-0.1, -0.05) is 111 Å². The molecule has 9 aromatic rings. The Labute approximate surface area is 289 Å². The first-order chi connectivity index (χ1) is 24.5. The second-order valence-electron chi connectivity index (χ2n) is 13.6. The third-order valence-corrected chi connectivity index (χ3v) is 10.3. The molecule has 0 unspecified atom stereocenters. The number of oxazole rings is 1. The van der Waals surface area contributed by atoms with Gasteiger partial charge in [-0.05, 0) is 76.3 Å². The zero-order valence-electron chi connectivity index (χ0n) is 27.7. The van der Waals surface area contributed by atoms with Crippen LogP contribution in [0.5, 0.6) is 0 Å². The average molecular weight is 645 g/mol. The van der Waals surface area contributed by atoms with Gasteiger partial charge in [0.15, 0.2) is 5.58 Å². The molecule has 0 spiro atoms. The minimum Gasteiger partial charge on any atom is -0.456 e. The van der Waals surface area contributed by atoms with Gasteiger partial charge in [0, 0.05) is 50.8 Å². The maximum absolute atomic E-state index is 6.59. The van der Waals surface area contributed by atoms with E-state index in [1.165, 1.54) is 22.3 Å². The van der Waals surface area contributed by atoms with Crippen LogP contribution in [0.15, 0.2) is 167 Å². The Morgan fingerprint density at radius 1 is 0.480 bits per heavy atom. The number of benzene rings is 7. The quantitative estimate of drug-likeness (QED) is 0.187. The molecule has 0 saturated carbocycles. The van der Waals surface area contributed by atoms with Crippen molar-refractivity contribution in [1.82, 2.24) is 4.98 Å². The van der Waals surface area contributed by atoms with Gasteiger partial charge in [0.2, 0.25) is 5.89 Å². The van der Waals surface area contributed by atoms with Crippen LogP contribution < -0.4 is 4.90 Å². The van der Waals surface area contributed by atoms with Crippen molar-refractivity contribution in [3.8, 4) is 33.7 Å². The normalized spacial score (nSPS) is 13.2. The van der Waals surface area contributed by atoms with Crippen LogP contribution in [0.3, 0.4) is 0 Å². The highest BCUT2D eigenvalue weighted by Crippen LogP contribution is 2.51. The number of furan rings is 1. The first-order valence-electron chi connectivity index (χ1n) is 17.0. The molecule has 0 aliphatic heterocycles. The second kappa shape index (κ2) is 10.8. The molecule has 0 amide bonds. The Morgan fingerprint density at radius 3 is 1.94 bits per heavy atom. The summed E-state index contributed by atoms with van der Waals surface area (Å²) in [6.45, 7) is 4.65. The van der Waals surface area contributed by atoms with Crippen LogP contribution in [-0.2, 0) is 5.41 Å². The lowest BCUT2D eigenvalue weighted by atomic mass is 9.82. The zero-order valence-corrected chi connectivity index (χ0v) is 27.7. The summed E-state index contributed by atoms with van der Waals surface area (Å²) < 4.78 is 12.8. The van der Waals surface area contributed by atoms with Gasteiger partial charge < -0.3 is 13.7 Å². The molecule has 0 bridgehead atoms. The Bertz CT molecular complexity index is 2740. The van der Waals surface area contributed by atoms with E-state index in [4.69, 9.17) is 13.8 Å². The third kappa shape index (κ3) is 4.35. The molecule has 0 N–H and O–H groups in total. The van der Waals surface area contributed by atoms with Gasteiger partial charge >= 0.3 is 0 Å². The van der Waals surface area contributed by atoms with Gasteiger partial charge in [0.05, 0.1) is 5.69 Å². The summed E-state index contributed by atoms with van der Waals surface area (Å²) in [5.74, 6) is 0.605. The molecule has 10 rings (SSSR count). The molecule has 50 heavy (non-hydrogen) atoms. The lowest BCUT2D eigenvalue weighted by Gasteiger charge is -2.29. The fourth-order valence-corrected chi connectivity index (χ4v) is 7.83. The van der Waals surface area contributed by atoms with E-state index in [0.29, 0.717) is 11.5 Å².